The summed E-state index contributed by atoms with van der Waals surface area (Å²) < 4.78 is 13.1. The maximum absolute atomic E-state index is 12.3. The molecular weight excluding hydrogens is 546 g/mol. The monoisotopic (exact) mass is 593 g/mol. The summed E-state index contributed by atoms with van der Waals surface area (Å²) in [5.41, 5.74) is 5.48. The SMILES string of the molecule is C=CCN(CC1CC(c2ccc(CO)cc2)OC(c2ccc(CNC(=O)CCCCCC(=O)NO)cc2)O1)C1CCCC1. The van der Waals surface area contributed by atoms with Crippen LogP contribution in [0, 0.1) is 0 Å². The van der Waals surface area contributed by atoms with E-state index in [-0.39, 0.29) is 31.1 Å². The van der Waals surface area contributed by atoms with Gasteiger partial charge in [0.2, 0.25) is 11.8 Å². The minimum Gasteiger partial charge on any atom is -0.392 e. The number of aliphatic hydroxyl groups excluding tert-OH is 1. The van der Waals surface area contributed by atoms with E-state index in [1.165, 1.54) is 25.7 Å². The standard InChI is InChI=1S/C34H47N3O6/c1-2-20-37(29-8-6-7-9-29)23-30-21-31(27-16-14-26(24-38)15-17-27)43-34(42-30)28-18-12-25(13-19-28)22-35-32(39)10-4-3-5-11-33(40)36-41/h2,12-19,29-31,34,38,41H,1,3-11,20-24H2,(H,35,39)(H,36,40). The summed E-state index contributed by atoms with van der Waals surface area (Å²) in [5.74, 6) is -0.433. The number of carbonyl (C=O) groups is 2. The first kappa shape index (κ1) is 32.8. The second-order valence-corrected chi connectivity index (χ2v) is 11.6. The van der Waals surface area contributed by atoms with Gasteiger partial charge in [-0.15, -0.1) is 6.58 Å². The largest absolute Gasteiger partial charge is 0.392 e. The molecule has 1 saturated carbocycles. The Morgan fingerprint density at radius 2 is 1.56 bits per heavy atom. The van der Waals surface area contributed by atoms with Crippen LogP contribution in [0.5, 0.6) is 0 Å². The van der Waals surface area contributed by atoms with Crippen molar-refractivity contribution in [2.75, 3.05) is 13.1 Å². The van der Waals surface area contributed by atoms with Crippen molar-refractivity contribution in [3.63, 3.8) is 0 Å². The average Bonchev–Trinajstić information content (AvgIpc) is 3.59. The molecule has 3 unspecified atom stereocenters. The summed E-state index contributed by atoms with van der Waals surface area (Å²) in [4.78, 5) is 25.8. The molecule has 0 radical (unpaired) electrons. The zero-order valence-corrected chi connectivity index (χ0v) is 25.1. The van der Waals surface area contributed by atoms with Crippen LogP contribution in [0.15, 0.2) is 61.2 Å². The van der Waals surface area contributed by atoms with Crippen molar-refractivity contribution < 1.29 is 29.4 Å². The fourth-order valence-electron chi connectivity index (χ4n) is 5.99. The van der Waals surface area contributed by atoms with E-state index in [2.05, 4.69) is 16.8 Å². The number of carbonyl (C=O) groups excluding carboxylic acids is 2. The van der Waals surface area contributed by atoms with Gasteiger partial charge < -0.3 is 19.9 Å². The summed E-state index contributed by atoms with van der Waals surface area (Å²) >= 11 is 0. The number of nitrogens with one attached hydrogen (secondary N) is 2. The van der Waals surface area contributed by atoms with Gasteiger partial charge in [0, 0.05) is 50.5 Å². The predicted molar refractivity (Wildman–Crippen MR) is 164 cm³/mol. The molecule has 2 fully saturated rings. The first-order valence-electron chi connectivity index (χ1n) is 15.6. The number of ether oxygens (including phenoxy) is 2. The molecule has 2 amide bonds. The van der Waals surface area contributed by atoms with Crippen molar-refractivity contribution in [3.05, 3.63) is 83.4 Å². The zero-order valence-electron chi connectivity index (χ0n) is 25.1. The van der Waals surface area contributed by atoms with Crippen LogP contribution in [0.1, 0.15) is 98.9 Å². The number of benzene rings is 2. The molecule has 1 saturated heterocycles. The predicted octanol–water partition coefficient (Wildman–Crippen LogP) is 5.23. The van der Waals surface area contributed by atoms with E-state index >= 15 is 0 Å². The lowest BCUT2D eigenvalue weighted by Gasteiger charge is -2.39. The highest BCUT2D eigenvalue weighted by molar-refractivity contribution is 5.76. The smallest absolute Gasteiger partial charge is 0.243 e. The van der Waals surface area contributed by atoms with Crippen LogP contribution >= 0.6 is 0 Å². The molecule has 4 N–H and O–H groups in total. The van der Waals surface area contributed by atoms with Gasteiger partial charge in [0.25, 0.3) is 0 Å². The Balaban J connectivity index is 1.36. The lowest BCUT2D eigenvalue weighted by molar-refractivity contribution is -0.253. The number of unbranched alkanes of at least 4 members (excludes halogenated alkanes) is 2. The van der Waals surface area contributed by atoms with E-state index in [0.29, 0.717) is 31.8 Å². The highest BCUT2D eigenvalue weighted by atomic mass is 16.7. The molecule has 3 atom stereocenters. The van der Waals surface area contributed by atoms with Crippen molar-refractivity contribution in [1.29, 1.82) is 0 Å². The number of hydrogen-bond donors (Lipinski definition) is 4. The Kier molecular flexibility index (Phi) is 13.2. The molecule has 2 aliphatic rings. The maximum Gasteiger partial charge on any atom is 0.243 e. The molecule has 9 heteroatoms. The third-order valence-electron chi connectivity index (χ3n) is 8.43. The van der Waals surface area contributed by atoms with Gasteiger partial charge >= 0.3 is 0 Å². The molecule has 234 valence electrons. The van der Waals surface area contributed by atoms with Gasteiger partial charge in [-0.3, -0.25) is 19.7 Å². The average molecular weight is 594 g/mol. The number of hydroxylamine groups is 1. The third-order valence-corrected chi connectivity index (χ3v) is 8.43. The minimum absolute atomic E-state index is 0.0103. The van der Waals surface area contributed by atoms with E-state index < -0.39 is 12.2 Å². The molecule has 2 aromatic rings. The second-order valence-electron chi connectivity index (χ2n) is 11.6. The normalized spacial score (nSPS) is 20.7. The van der Waals surface area contributed by atoms with Crippen LogP contribution in [0.25, 0.3) is 0 Å². The molecule has 0 spiro atoms. The molecule has 1 aliphatic heterocycles. The molecule has 1 heterocycles. The van der Waals surface area contributed by atoms with E-state index in [4.69, 9.17) is 14.7 Å². The van der Waals surface area contributed by atoms with Crippen LogP contribution in [0.4, 0.5) is 0 Å². The number of hydrogen-bond acceptors (Lipinski definition) is 7. The van der Waals surface area contributed by atoms with Crippen LogP contribution < -0.4 is 10.8 Å². The molecule has 0 bridgehead atoms. The molecule has 9 nitrogen and oxygen atoms in total. The molecule has 43 heavy (non-hydrogen) atoms. The Hall–Kier alpha value is -3.08. The van der Waals surface area contributed by atoms with Gasteiger partial charge in [-0.05, 0) is 42.4 Å². The molecule has 1 aliphatic carbocycles. The summed E-state index contributed by atoms with van der Waals surface area (Å²) in [5, 5.41) is 21.0. The minimum atomic E-state index is -0.521. The van der Waals surface area contributed by atoms with Crippen LogP contribution in [0.3, 0.4) is 0 Å². The van der Waals surface area contributed by atoms with E-state index in [1.54, 1.807) is 5.48 Å². The quantitative estimate of drug-likeness (QED) is 0.0911. The van der Waals surface area contributed by atoms with E-state index in [1.807, 2.05) is 54.6 Å². The number of nitrogens with zero attached hydrogens (tertiary/aromatic N) is 1. The van der Waals surface area contributed by atoms with E-state index in [0.717, 1.165) is 48.2 Å². The first-order valence-corrected chi connectivity index (χ1v) is 15.6. The third kappa shape index (κ3) is 10.3. The maximum atomic E-state index is 12.3. The van der Waals surface area contributed by atoms with Crippen LogP contribution in [0.2, 0.25) is 0 Å². The Morgan fingerprint density at radius 3 is 2.21 bits per heavy atom. The van der Waals surface area contributed by atoms with Gasteiger partial charge in [-0.1, -0.05) is 73.9 Å². The number of amides is 2. The molecule has 0 aromatic heterocycles. The lowest BCUT2D eigenvalue weighted by atomic mass is 9.99. The number of rotatable bonds is 16. The summed E-state index contributed by atoms with van der Waals surface area (Å²) in [7, 11) is 0. The Labute approximate surface area is 255 Å². The van der Waals surface area contributed by atoms with Crippen molar-refractivity contribution in [1.82, 2.24) is 15.7 Å². The highest BCUT2D eigenvalue weighted by Gasteiger charge is 2.34. The van der Waals surface area contributed by atoms with Gasteiger partial charge in [-0.2, -0.15) is 0 Å². The van der Waals surface area contributed by atoms with Gasteiger partial charge in [0.1, 0.15) is 0 Å². The van der Waals surface area contributed by atoms with Crippen LogP contribution in [-0.4, -0.2) is 52.3 Å². The topological polar surface area (TPSA) is 120 Å². The Bertz CT molecular complexity index is 1150. The Morgan fingerprint density at radius 1 is 0.907 bits per heavy atom. The highest BCUT2D eigenvalue weighted by Crippen LogP contribution is 2.39. The van der Waals surface area contributed by atoms with Crippen molar-refractivity contribution in [2.45, 2.75) is 102 Å². The van der Waals surface area contributed by atoms with Gasteiger partial charge in [-0.25, -0.2) is 5.48 Å². The molecular formula is C34H47N3O6. The zero-order chi connectivity index (χ0) is 30.4. The summed E-state index contributed by atoms with van der Waals surface area (Å²) in [6, 6.07) is 16.5. The van der Waals surface area contributed by atoms with Crippen LogP contribution in [-0.2, 0) is 32.2 Å². The summed E-state index contributed by atoms with van der Waals surface area (Å²) in [6.45, 7) is 6.10. The number of aliphatic hydroxyl groups is 1. The second kappa shape index (κ2) is 17.3. The fourth-order valence-corrected chi connectivity index (χ4v) is 5.99. The van der Waals surface area contributed by atoms with Gasteiger partial charge in [0.15, 0.2) is 6.29 Å². The van der Waals surface area contributed by atoms with Gasteiger partial charge in [0.05, 0.1) is 18.8 Å². The molecule has 2 aromatic carbocycles. The van der Waals surface area contributed by atoms with Crippen molar-refractivity contribution in [3.8, 4) is 0 Å². The van der Waals surface area contributed by atoms with Crippen molar-refractivity contribution in [2.24, 2.45) is 0 Å². The van der Waals surface area contributed by atoms with E-state index in [9.17, 15) is 14.7 Å². The lowest BCUT2D eigenvalue weighted by Crippen LogP contribution is -2.43. The first-order chi connectivity index (χ1) is 21.0. The van der Waals surface area contributed by atoms with Crippen molar-refractivity contribution >= 4 is 11.8 Å². The molecule has 4 rings (SSSR count). The fraction of sp³-hybridized carbons (Fsp3) is 0.529. The summed E-state index contributed by atoms with van der Waals surface area (Å²) in [6.07, 6.45) is 9.75.